The van der Waals surface area contributed by atoms with Gasteiger partial charge < -0.3 is 10.8 Å². The maximum absolute atomic E-state index is 10.7. The van der Waals surface area contributed by atoms with Crippen LogP contribution in [0.4, 0.5) is 0 Å². The van der Waals surface area contributed by atoms with Crippen molar-refractivity contribution in [2.75, 3.05) is 0 Å². The van der Waals surface area contributed by atoms with E-state index in [1.54, 1.807) is 12.2 Å². The van der Waals surface area contributed by atoms with Crippen molar-refractivity contribution in [1.82, 2.24) is 0 Å². The summed E-state index contributed by atoms with van der Waals surface area (Å²) in [5, 5.41) is 8.52. The van der Waals surface area contributed by atoms with E-state index in [0.29, 0.717) is 6.42 Å². The molecule has 70 valence electrons. The van der Waals surface area contributed by atoms with Crippen LogP contribution < -0.4 is 5.73 Å². The van der Waals surface area contributed by atoms with Crippen LogP contribution in [0, 0.1) is 0 Å². The van der Waals surface area contributed by atoms with Crippen LogP contribution in [0.15, 0.2) is 23.8 Å². The lowest BCUT2D eigenvalue weighted by Gasteiger charge is -2.09. The van der Waals surface area contributed by atoms with Crippen molar-refractivity contribution in [3.63, 3.8) is 0 Å². The summed E-state index contributed by atoms with van der Waals surface area (Å²) in [4.78, 5) is 21.1. The van der Waals surface area contributed by atoms with Crippen LogP contribution in [0.5, 0.6) is 0 Å². The number of carboxylic acids is 1. The van der Waals surface area contributed by atoms with E-state index < -0.39 is 12.0 Å². The van der Waals surface area contributed by atoms with Gasteiger partial charge in [-0.25, -0.2) is 0 Å². The second kappa shape index (κ2) is 4.00. The van der Waals surface area contributed by atoms with E-state index in [0.717, 1.165) is 5.57 Å². The molecule has 3 N–H and O–H groups in total. The highest BCUT2D eigenvalue weighted by Crippen LogP contribution is 2.12. The van der Waals surface area contributed by atoms with Crippen molar-refractivity contribution >= 4 is 11.8 Å². The Labute approximate surface area is 75.7 Å². The minimum atomic E-state index is -1.02. The fourth-order valence-corrected chi connectivity index (χ4v) is 1.06. The van der Waals surface area contributed by atoms with E-state index in [1.807, 2.05) is 0 Å². The molecule has 0 heterocycles. The van der Waals surface area contributed by atoms with Gasteiger partial charge in [-0.05, 0) is 18.1 Å². The zero-order valence-electron chi connectivity index (χ0n) is 7.06. The first kappa shape index (κ1) is 9.67. The van der Waals surface area contributed by atoms with E-state index in [9.17, 15) is 9.59 Å². The second-order valence-electron chi connectivity index (χ2n) is 2.93. The molecule has 0 unspecified atom stereocenters. The van der Waals surface area contributed by atoms with Crippen LogP contribution >= 0.6 is 0 Å². The molecule has 0 saturated carbocycles. The van der Waals surface area contributed by atoms with Crippen molar-refractivity contribution in [2.24, 2.45) is 5.73 Å². The summed E-state index contributed by atoms with van der Waals surface area (Å²) >= 11 is 0. The van der Waals surface area contributed by atoms with Gasteiger partial charge in [-0.15, -0.1) is 0 Å². The third-order valence-corrected chi connectivity index (χ3v) is 1.82. The summed E-state index contributed by atoms with van der Waals surface area (Å²) in [5.74, 6) is -0.987. The zero-order valence-corrected chi connectivity index (χ0v) is 7.06. The predicted octanol–water partition coefficient (Wildman–Crippen LogP) is 0.244. The largest absolute Gasteiger partial charge is 0.480 e. The van der Waals surface area contributed by atoms with Crippen molar-refractivity contribution in [3.8, 4) is 0 Å². The Kier molecular flexibility index (Phi) is 2.97. The van der Waals surface area contributed by atoms with Crippen LogP contribution in [0.2, 0.25) is 0 Å². The van der Waals surface area contributed by atoms with Gasteiger partial charge >= 0.3 is 5.97 Å². The van der Waals surface area contributed by atoms with E-state index in [2.05, 4.69) is 0 Å². The van der Waals surface area contributed by atoms with Crippen LogP contribution in [0.25, 0.3) is 0 Å². The average Bonchev–Trinajstić information content (AvgIpc) is 2.08. The quantitative estimate of drug-likeness (QED) is 0.653. The molecule has 1 aliphatic carbocycles. The van der Waals surface area contributed by atoms with E-state index in [1.165, 1.54) is 6.08 Å². The van der Waals surface area contributed by atoms with Gasteiger partial charge in [0.2, 0.25) is 0 Å². The number of carboxylic acid groups (broad SMARTS) is 1. The molecule has 0 bridgehead atoms. The maximum Gasteiger partial charge on any atom is 0.320 e. The molecule has 0 amide bonds. The van der Waals surface area contributed by atoms with Crippen LogP contribution in [0.3, 0.4) is 0 Å². The van der Waals surface area contributed by atoms with Crippen LogP contribution in [-0.2, 0) is 9.59 Å². The molecule has 4 heteroatoms. The molecular weight excluding hydrogens is 170 g/mol. The number of nitrogens with two attached hydrogens (primary N) is 1. The number of allylic oxidation sites excluding steroid dienone is 3. The van der Waals surface area contributed by atoms with Gasteiger partial charge in [-0.2, -0.15) is 0 Å². The topological polar surface area (TPSA) is 80.4 Å². The van der Waals surface area contributed by atoms with Crippen LogP contribution in [0.1, 0.15) is 12.8 Å². The van der Waals surface area contributed by atoms with E-state index in [-0.39, 0.29) is 12.2 Å². The Morgan fingerprint density at radius 1 is 1.62 bits per heavy atom. The summed E-state index contributed by atoms with van der Waals surface area (Å²) in [6.07, 6.45) is 5.40. The molecule has 0 radical (unpaired) electrons. The number of rotatable bonds is 3. The molecule has 0 aromatic carbocycles. The third kappa shape index (κ3) is 2.83. The third-order valence-electron chi connectivity index (χ3n) is 1.82. The predicted molar refractivity (Wildman–Crippen MR) is 47.1 cm³/mol. The molecular formula is C9H11NO3. The second-order valence-corrected chi connectivity index (χ2v) is 2.93. The molecule has 13 heavy (non-hydrogen) atoms. The van der Waals surface area contributed by atoms with Crippen molar-refractivity contribution in [2.45, 2.75) is 18.9 Å². The van der Waals surface area contributed by atoms with Gasteiger partial charge in [0, 0.05) is 6.42 Å². The van der Waals surface area contributed by atoms with Gasteiger partial charge in [-0.3, -0.25) is 9.59 Å². The molecule has 0 spiro atoms. The Hall–Kier alpha value is -1.42. The molecule has 4 nitrogen and oxygen atoms in total. The van der Waals surface area contributed by atoms with Gasteiger partial charge in [0.1, 0.15) is 6.04 Å². The zero-order chi connectivity index (χ0) is 9.84. The highest BCUT2D eigenvalue weighted by molar-refractivity contribution is 5.92. The first-order valence-corrected chi connectivity index (χ1v) is 3.98. The summed E-state index contributed by atoms with van der Waals surface area (Å²) in [6.45, 7) is 0. The van der Waals surface area contributed by atoms with E-state index in [4.69, 9.17) is 10.8 Å². The Bertz CT molecular complexity index is 291. The lowest BCUT2D eigenvalue weighted by Crippen LogP contribution is -2.30. The standard InChI is InChI=1S/C9H11NO3/c10-8(9(12)13)5-6-1-3-7(11)4-2-6/h1-3,8H,4-5,10H2,(H,12,13)/t8-/m0/s1. The summed E-state index contributed by atoms with van der Waals surface area (Å²) in [6, 6.07) is -0.885. The highest BCUT2D eigenvalue weighted by atomic mass is 16.4. The molecule has 1 rings (SSSR count). The molecule has 0 aromatic rings. The fourth-order valence-electron chi connectivity index (χ4n) is 1.06. The van der Waals surface area contributed by atoms with Gasteiger partial charge in [0.25, 0.3) is 0 Å². The lowest BCUT2D eigenvalue weighted by atomic mass is 10.00. The number of hydrogen-bond donors (Lipinski definition) is 2. The smallest absolute Gasteiger partial charge is 0.320 e. The normalized spacial score (nSPS) is 18.2. The first-order valence-electron chi connectivity index (χ1n) is 3.98. The Morgan fingerprint density at radius 3 is 2.77 bits per heavy atom. The first-order chi connectivity index (χ1) is 6.09. The molecule has 0 fully saturated rings. The maximum atomic E-state index is 10.7. The summed E-state index contributed by atoms with van der Waals surface area (Å²) in [5.41, 5.74) is 6.14. The Morgan fingerprint density at radius 2 is 2.31 bits per heavy atom. The number of carbonyl (C=O) groups is 2. The van der Waals surface area contributed by atoms with E-state index >= 15 is 0 Å². The summed E-state index contributed by atoms with van der Waals surface area (Å²) in [7, 11) is 0. The van der Waals surface area contributed by atoms with Crippen LogP contribution in [-0.4, -0.2) is 22.9 Å². The number of ketones is 1. The molecule has 0 aromatic heterocycles. The SMILES string of the molecule is N[C@@H](CC1=CCC(=O)C=C1)C(=O)O. The van der Waals surface area contributed by atoms with Gasteiger partial charge in [0.05, 0.1) is 0 Å². The number of hydrogen-bond acceptors (Lipinski definition) is 3. The molecule has 1 aliphatic rings. The van der Waals surface area contributed by atoms with Crippen molar-refractivity contribution in [3.05, 3.63) is 23.8 Å². The Balaban J connectivity index is 2.52. The molecule has 0 saturated heterocycles. The molecule has 1 atom stereocenters. The van der Waals surface area contributed by atoms with Gasteiger partial charge in [0.15, 0.2) is 5.78 Å². The van der Waals surface area contributed by atoms with Crippen molar-refractivity contribution < 1.29 is 14.7 Å². The number of carbonyl (C=O) groups excluding carboxylic acids is 1. The minimum absolute atomic E-state index is 0.0349. The average molecular weight is 181 g/mol. The number of aliphatic carboxylic acids is 1. The molecule has 0 aliphatic heterocycles. The van der Waals surface area contributed by atoms with Crippen molar-refractivity contribution in [1.29, 1.82) is 0 Å². The summed E-state index contributed by atoms with van der Waals surface area (Å²) < 4.78 is 0. The highest BCUT2D eigenvalue weighted by Gasteiger charge is 2.13. The van der Waals surface area contributed by atoms with Gasteiger partial charge in [-0.1, -0.05) is 12.2 Å². The monoisotopic (exact) mass is 181 g/mol. The fraction of sp³-hybridized carbons (Fsp3) is 0.333. The lowest BCUT2D eigenvalue weighted by molar-refractivity contribution is -0.138. The minimum Gasteiger partial charge on any atom is -0.480 e.